The lowest BCUT2D eigenvalue weighted by Crippen LogP contribution is -1.90. The van der Waals surface area contributed by atoms with Crippen LogP contribution < -0.4 is 0 Å². The first kappa shape index (κ1) is 12.9. The third-order valence-corrected chi connectivity index (χ3v) is 3.61. The summed E-state index contributed by atoms with van der Waals surface area (Å²) in [4.78, 5) is 10.7. The fourth-order valence-electron chi connectivity index (χ4n) is 2.62. The Labute approximate surface area is 121 Å². The SMILES string of the molecule is Cn1c2ccccc2c2cc(/C=C\C(=O)O)c(C#N)cc21. The average Bonchev–Trinajstić information content (AvgIpc) is 2.77. The summed E-state index contributed by atoms with van der Waals surface area (Å²) in [5.41, 5.74) is 3.12. The Kier molecular flexibility index (Phi) is 2.96. The van der Waals surface area contributed by atoms with Gasteiger partial charge in [-0.25, -0.2) is 4.79 Å². The van der Waals surface area contributed by atoms with E-state index in [-0.39, 0.29) is 0 Å². The van der Waals surface area contributed by atoms with Crippen molar-refractivity contribution in [3.05, 3.63) is 53.6 Å². The summed E-state index contributed by atoms with van der Waals surface area (Å²) < 4.78 is 2.04. The third-order valence-electron chi connectivity index (χ3n) is 3.61. The second-order valence-corrected chi connectivity index (χ2v) is 4.82. The van der Waals surface area contributed by atoms with Crippen molar-refractivity contribution in [2.45, 2.75) is 0 Å². The number of hydrogen-bond acceptors (Lipinski definition) is 2. The summed E-state index contributed by atoms with van der Waals surface area (Å²) in [6, 6.07) is 13.8. The van der Waals surface area contributed by atoms with Gasteiger partial charge in [0.2, 0.25) is 0 Å². The number of para-hydroxylation sites is 1. The van der Waals surface area contributed by atoms with Crippen LogP contribution in [0.4, 0.5) is 0 Å². The molecule has 3 rings (SSSR count). The van der Waals surface area contributed by atoms with Crippen LogP contribution in [0.3, 0.4) is 0 Å². The van der Waals surface area contributed by atoms with Gasteiger partial charge in [-0.2, -0.15) is 5.26 Å². The van der Waals surface area contributed by atoms with Crippen LogP contribution in [0, 0.1) is 11.3 Å². The van der Waals surface area contributed by atoms with Crippen LogP contribution >= 0.6 is 0 Å². The van der Waals surface area contributed by atoms with Crippen molar-refractivity contribution in [1.82, 2.24) is 4.57 Å². The predicted molar refractivity (Wildman–Crippen MR) is 81.8 cm³/mol. The van der Waals surface area contributed by atoms with Crippen molar-refractivity contribution >= 4 is 33.9 Å². The first-order valence-electron chi connectivity index (χ1n) is 6.44. The molecule has 21 heavy (non-hydrogen) atoms. The number of nitrogens with zero attached hydrogens (tertiary/aromatic N) is 2. The molecular formula is C17H12N2O2. The van der Waals surface area contributed by atoms with Crippen LogP contribution in [0.2, 0.25) is 0 Å². The standard InChI is InChI=1S/C17H12N2O2/c1-19-15-5-3-2-4-13(15)14-8-11(6-7-17(20)21)12(10-18)9-16(14)19/h2-9H,1H3,(H,20,21)/b7-6-. The molecule has 0 aliphatic rings. The zero-order valence-corrected chi connectivity index (χ0v) is 11.4. The number of nitriles is 1. The maximum atomic E-state index is 10.7. The molecular weight excluding hydrogens is 264 g/mol. The summed E-state index contributed by atoms with van der Waals surface area (Å²) >= 11 is 0. The van der Waals surface area contributed by atoms with Crippen LogP contribution in [0.15, 0.2) is 42.5 Å². The van der Waals surface area contributed by atoms with Gasteiger partial charge in [0.1, 0.15) is 0 Å². The molecule has 0 saturated heterocycles. The number of aryl methyl sites for hydroxylation is 1. The van der Waals surface area contributed by atoms with E-state index in [2.05, 4.69) is 6.07 Å². The zero-order chi connectivity index (χ0) is 15.0. The Morgan fingerprint density at radius 3 is 2.71 bits per heavy atom. The number of aliphatic carboxylic acids is 1. The molecule has 4 nitrogen and oxygen atoms in total. The van der Waals surface area contributed by atoms with Crippen LogP contribution in [0.25, 0.3) is 27.9 Å². The Balaban J connectivity index is 2.38. The summed E-state index contributed by atoms with van der Waals surface area (Å²) in [6.45, 7) is 0. The van der Waals surface area contributed by atoms with E-state index in [0.29, 0.717) is 11.1 Å². The minimum Gasteiger partial charge on any atom is -0.478 e. The van der Waals surface area contributed by atoms with Gasteiger partial charge < -0.3 is 9.67 Å². The number of carboxylic acid groups (broad SMARTS) is 1. The van der Waals surface area contributed by atoms with E-state index < -0.39 is 5.97 Å². The van der Waals surface area contributed by atoms with E-state index in [1.807, 2.05) is 41.9 Å². The van der Waals surface area contributed by atoms with Crippen LogP contribution in [-0.4, -0.2) is 15.6 Å². The molecule has 1 N–H and O–H groups in total. The Hall–Kier alpha value is -3.06. The topological polar surface area (TPSA) is 66.0 Å². The first-order chi connectivity index (χ1) is 10.1. The lowest BCUT2D eigenvalue weighted by molar-refractivity contribution is -0.131. The molecule has 1 aromatic heterocycles. The highest BCUT2D eigenvalue weighted by Crippen LogP contribution is 2.30. The van der Waals surface area contributed by atoms with Gasteiger partial charge in [0.25, 0.3) is 0 Å². The molecule has 0 saturated carbocycles. The normalized spacial score (nSPS) is 11.2. The average molecular weight is 276 g/mol. The van der Waals surface area contributed by atoms with Gasteiger partial charge in [-0.15, -0.1) is 0 Å². The molecule has 4 heteroatoms. The summed E-state index contributed by atoms with van der Waals surface area (Å²) in [7, 11) is 1.96. The molecule has 0 bridgehead atoms. The lowest BCUT2D eigenvalue weighted by atomic mass is 10.0. The highest BCUT2D eigenvalue weighted by Gasteiger charge is 2.11. The van der Waals surface area contributed by atoms with Crippen molar-refractivity contribution < 1.29 is 9.90 Å². The van der Waals surface area contributed by atoms with Gasteiger partial charge in [0.05, 0.1) is 17.1 Å². The smallest absolute Gasteiger partial charge is 0.328 e. The van der Waals surface area contributed by atoms with Crippen LogP contribution in [0.1, 0.15) is 11.1 Å². The van der Waals surface area contributed by atoms with Crippen molar-refractivity contribution in [2.75, 3.05) is 0 Å². The number of hydrogen-bond donors (Lipinski definition) is 1. The molecule has 0 spiro atoms. The molecule has 0 radical (unpaired) electrons. The Bertz CT molecular complexity index is 943. The highest BCUT2D eigenvalue weighted by molar-refractivity contribution is 6.09. The fraction of sp³-hybridized carbons (Fsp3) is 0.0588. The molecule has 0 atom stereocenters. The van der Waals surface area contributed by atoms with E-state index in [1.54, 1.807) is 6.07 Å². The summed E-state index contributed by atoms with van der Waals surface area (Å²) in [5, 5.41) is 20.1. The van der Waals surface area contributed by atoms with Gasteiger partial charge in [0, 0.05) is 29.4 Å². The molecule has 0 aliphatic heterocycles. The maximum absolute atomic E-state index is 10.7. The van der Waals surface area contributed by atoms with Gasteiger partial charge >= 0.3 is 5.97 Å². The number of carbonyl (C=O) groups is 1. The van der Waals surface area contributed by atoms with E-state index >= 15 is 0 Å². The van der Waals surface area contributed by atoms with Crippen molar-refractivity contribution in [3.8, 4) is 6.07 Å². The minimum absolute atomic E-state index is 0.464. The molecule has 0 amide bonds. The number of fused-ring (bicyclic) bond motifs is 3. The fourth-order valence-corrected chi connectivity index (χ4v) is 2.62. The number of carboxylic acids is 1. The summed E-state index contributed by atoms with van der Waals surface area (Å²) in [6.07, 6.45) is 2.51. The van der Waals surface area contributed by atoms with Gasteiger partial charge in [-0.05, 0) is 29.8 Å². The molecule has 3 aromatic rings. The van der Waals surface area contributed by atoms with Crippen LogP contribution in [-0.2, 0) is 11.8 Å². The van der Waals surface area contributed by atoms with E-state index in [9.17, 15) is 10.1 Å². The van der Waals surface area contributed by atoms with Gasteiger partial charge in [-0.1, -0.05) is 18.2 Å². The zero-order valence-electron chi connectivity index (χ0n) is 11.4. The second-order valence-electron chi connectivity index (χ2n) is 4.82. The van der Waals surface area contributed by atoms with Gasteiger partial charge in [-0.3, -0.25) is 0 Å². The maximum Gasteiger partial charge on any atom is 0.328 e. The van der Waals surface area contributed by atoms with Crippen LogP contribution in [0.5, 0.6) is 0 Å². The van der Waals surface area contributed by atoms with Gasteiger partial charge in [0.15, 0.2) is 0 Å². The molecule has 2 aromatic carbocycles. The number of aromatic nitrogens is 1. The lowest BCUT2D eigenvalue weighted by Gasteiger charge is -2.01. The van der Waals surface area contributed by atoms with E-state index in [0.717, 1.165) is 27.9 Å². The Morgan fingerprint density at radius 2 is 2.00 bits per heavy atom. The summed E-state index contributed by atoms with van der Waals surface area (Å²) in [5.74, 6) is -1.03. The molecule has 0 fully saturated rings. The van der Waals surface area contributed by atoms with Crippen molar-refractivity contribution in [2.24, 2.45) is 7.05 Å². The monoisotopic (exact) mass is 276 g/mol. The number of rotatable bonds is 2. The second kappa shape index (κ2) is 4.80. The number of benzene rings is 2. The molecule has 0 aliphatic carbocycles. The molecule has 0 unspecified atom stereocenters. The van der Waals surface area contributed by atoms with Crippen molar-refractivity contribution in [3.63, 3.8) is 0 Å². The quantitative estimate of drug-likeness (QED) is 0.730. The Morgan fingerprint density at radius 1 is 1.24 bits per heavy atom. The predicted octanol–water partition coefficient (Wildman–Crippen LogP) is 3.30. The highest BCUT2D eigenvalue weighted by atomic mass is 16.4. The molecule has 1 heterocycles. The van der Waals surface area contributed by atoms with E-state index in [1.165, 1.54) is 6.08 Å². The molecule has 102 valence electrons. The van der Waals surface area contributed by atoms with Crippen molar-refractivity contribution in [1.29, 1.82) is 5.26 Å². The largest absolute Gasteiger partial charge is 0.478 e. The first-order valence-corrected chi connectivity index (χ1v) is 6.44. The van der Waals surface area contributed by atoms with E-state index in [4.69, 9.17) is 5.11 Å². The third kappa shape index (κ3) is 2.05. The minimum atomic E-state index is -1.03.